The predicted octanol–water partition coefficient (Wildman–Crippen LogP) is 2.33. The first-order chi connectivity index (χ1) is 9.90. The molecule has 0 spiro atoms. The van der Waals surface area contributed by atoms with Crippen molar-refractivity contribution in [3.8, 4) is 0 Å². The molecule has 0 radical (unpaired) electrons. The van der Waals surface area contributed by atoms with Crippen molar-refractivity contribution in [1.82, 2.24) is 10.2 Å². The molecule has 0 fully saturated rings. The second kappa shape index (κ2) is 6.73. The fourth-order valence-corrected chi connectivity index (χ4v) is 3.84. The summed E-state index contributed by atoms with van der Waals surface area (Å²) < 4.78 is 24.8. The van der Waals surface area contributed by atoms with E-state index in [9.17, 15) is 13.2 Å². The Hall–Kier alpha value is -1.16. The Morgan fingerprint density at radius 2 is 2.00 bits per heavy atom. The lowest BCUT2D eigenvalue weighted by atomic mass is 10.4. The Morgan fingerprint density at radius 3 is 2.57 bits per heavy atom. The highest BCUT2D eigenvalue weighted by Crippen LogP contribution is 2.23. The standard InChI is InChI=1S/C11H10ClN3O3S3/c1-19-11-15-14-10(20-11)13-9(16)6-21(17,18)8-4-2-7(12)3-5-8/h2-5H,6H2,1H3,(H,13,14,16). The molecule has 0 atom stereocenters. The third kappa shape index (κ3) is 4.40. The molecule has 1 heterocycles. The van der Waals surface area contributed by atoms with E-state index >= 15 is 0 Å². The van der Waals surface area contributed by atoms with Gasteiger partial charge in [-0.3, -0.25) is 10.1 Å². The highest BCUT2D eigenvalue weighted by molar-refractivity contribution is 8.00. The molecular weight excluding hydrogens is 354 g/mol. The van der Waals surface area contributed by atoms with Crippen LogP contribution in [0.4, 0.5) is 5.13 Å². The van der Waals surface area contributed by atoms with Gasteiger partial charge in [-0.15, -0.1) is 10.2 Å². The van der Waals surface area contributed by atoms with Gasteiger partial charge in [0.25, 0.3) is 0 Å². The van der Waals surface area contributed by atoms with Crippen molar-refractivity contribution in [2.45, 2.75) is 9.24 Å². The minimum absolute atomic E-state index is 0.0455. The average Bonchev–Trinajstić information content (AvgIpc) is 2.86. The van der Waals surface area contributed by atoms with E-state index in [2.05, 4.69) is 15.5 Å². The Kier molecular flexibility index (Phi) is 5.20. The van der Waals surface area contributed by atoms with Crippen LogP contribution in [-0.2, 0) is 14.6 Å². The summed E-state index contributed by atoms with van der Waals surface area (Å²) in [5.41, 5.74) is 0. The topological polar surface area (TPSA) is 89.0 Å². The van der Waals surface area contributed by atoms with E-state index in [0.717, 1.165) is 0 Å². The Bertz CT molecular complexity index is 744. The van der Waals surface area contributed by atoms with E-state index in [1.54, 1.807) is 0 Å². The molecule has 1 aromatic carbocycles. The smallest absolute Gasteiger partial charge is 0.241 e. The zero-order valence-electron chi connectivity index (χ0n) is 10.7. The molecule has 2 aromatic rings. The zero-order valence-corrected chi connectivity index (χ0v) is 13.9. The number of halogens is 1. The van der Waals surface area contributed by atoms with Crippen LogP contribution in [0, 0.1) is 0 Å². The minimum atomic E-state index is -3.71. The van der Waals surface area contributed by atoms with Crippen molar-refractivity contribution in [3.63, 3.8) is 0 Å². The monoisotopic (exact) mass is 363 g/mol. The lowest BCUT2D eigenvalue weighted by molar-refractivity contribution is -0.113. The van der Waals surface area contributed by atoms with Gasteiger partial charge < -0.3 is 0 Å². The average molecular weight is 364 g/mol. The molecule has 1 aromatic heterocycles. The number of aromatic nitrogens is 2. The number of thioether (sulfide) groups is 1. The fourth-order valence-electron chi connectivity index (χ4n) is 1.40. The summed E-state index contributed by atoms with van der Waals surface area (Å²) in [6.07, 6.45) is 1.83. The van der Waals surface area contributed by atoms with Gasteiger partial charge in [-0.2, -0.15) is 0 Å². The summed E-state index contributed by atoms with van der Waals surface area (Å²) in [7, 11) is -3.71. The minimum Gasteiger partial charge on any atom is -0.300 e. The molecule has 0 unspecified atom stereocenters. The van der Waals surface area contributed by atoms with E-state index in [1.165, 1.54) is 47.4 Å². The number of nitrogens with one attached hydrogen (secondary N) is 1. The SMILES string of the molecule is CSc1nnc(NC(=O)CS(=O)(=O)c2ccc(Cl)cc2)s1. The van der Waals surface area contributed by atoms with Gasteiger partial charge >= 0.3 is 0 Å². The molecule has 21 heavy (non-hydrogen) atoms. The van der Waals surface area contributed by atoms with Crippen LogP contribution in [-0.4, -0.2) is 36.5 Å². The van der Waals surface area contributed by atoms with Crippen molar-refractivity contribution < 1.29 is 13.2 Å². The summed E-state index contributed by atoms with van der Waals surface area (Å²) in [4.78, 5) is 11.8. The number of amides is 1. The molecule has 0 aliphatic heterocycles. The normalized spacial score (nSPS) is 11.3. The van der Waals surface area contributed by atoms with Gasteiger partial charge in [0.2, 0.25) is 11.0 Å². The number of rotatable bonds is 5. The van der Waals surface area contributed by atoms with E-state index in [0.29, 0.717) is 9.36 Å². The Morgan fingerprint density at radius 1 is 1.33 bits per heavy atom. The molecule has 0 aliphatic rings. The van der Waals surface area contributed by atoms with E-state index < -0.39 is 21.5 Å². The summed E-state index contributed by atoms with van der Waals surface area (Å²) in [5.74, 6) is -1.32. The van der Waals surface area contributed by atoms with Crippen molar-refractivity contribution in [1.29, 1.82) is 0 Å². The highest BCUT2D eigenvalue weighted by atomic mass is 35.5. The first kappa shape index (κ1) is 16.2. The molecule has 6 nitrogen and oxygen atoms in total. The van der Waals surface area contributed by atoms with Crippen molar-refractivity contribution in [3.05, 3.63) is 29.3 Å². The number of nitrogens with zero attached hydrogens (tertiary/aromatic N) is 2. The maximum atomic E-state index is 12.1. The van der Waals surface area contributed by atoms with E-state index in [1.807, 2.05) is 6.26 Å². The third-order valence-electron chi connectivity index (χ3n) is 2.32. The first-order valence-electron chi connectivity index (χ1n) is 5.56. The first-order valence-corrected chi connectivity index (χ1v) is 9.63. The molecule has 0 bridgehead atoms. The lowest BCUT2D eigenvalue weighted by Gasteiger charge is -2.04. The molecule has 0 saturated heterocycles. The van der Waals surface area contributed by atoms with Gasteiger partial charge in [0, 0.05) is 5.02 Å². The number of sulfone groups is 1. The van der Waals surface area contributed by atoms with Gasteiger partial charge in [0.05, 0.1) is 4.90 Å². The van der Waals surface area contributed by atoms with Gasteiger partial charge in [-0.1, -0.05) is 34.7 Å². The lowest BCUT2D eigenvalue weighted by Crippen LogP contribution is -2.22. The van der Waals surface area contributed by atoms with Gasteiger partial charge in [-0.05, 0) is 30.5 Å². The molecule has 112 valence electrons. The number of benzene rings is 1. The second-order valence-corrected chi connectivity index (χ2v) is 8.30. The predicted molar refractivity (Wildman–Crippen MR) is 83.8 cm³/mol. The van der Waals surface area contributed by atoms with E-state index in [-0.39, 0.29) is 10.0 Å². The molecular formula is C11H10ClN3O3S3. The highest BCUT2D eigenvalue weighted by Gasteiger charge is 2.20. The van der Waals surface area contributed by atoms with Crippen LogP contribution in [0.5, 0.6) is 0 Å². The molecule has 0 saturated carbocycles. The van der Waals surface area contributed by atoms with Crippen molar-refractivity contribution in [2.24, 2.45) is 0 Å². The number of hydrogen-bond acceptors (Lipinski definition) is 7. The van der Waals surface area contributed by atoms with Gasteiger partial charge in [0.15, 0.2) is 14.2 Å². The van der Waals surface area contributed by atoms with Crippen LogP contribution >= 0.6 is 34.7 Å². The number of anilines is 1. The van der Waals surface area contributed by atoms with Gasteiger partial charge in [0.1, 0.15) is 5.75 Å². The number of carbonyl (C=O) groups is 1. The van der Waals surface area contributed by atoms with Crippen LogP contribution in [0.3, 0.4) is 0 Å². The van der Waals surface area contributed by atoms with E-state index in [4.69, 9.17) is 11.6 Å². The molecule has 2 rings (SSSR count). The third-order valence-corrected chi connectivity index (χ3v) is 6.02. The molecule has 10 heteroatoms. The Balaban J connectivity index is 2.05. The molecule has 0 aliphatic carbocycles. The van der Waals surface area contributed by atoms with Gasteiger partial charge in [-0.25, -0.2) is 8.42 Å². The van der Waals surface area contributed by atoms with Crippen LogP contribution in [0.2, 0.25) is 5.02 Å². The van der Waals surface area contributed by atoms with Crippen molar-refractivity contribution in [2.75, 3.05) is 17.3 Å². The summed E-state index contributed by atoms with van der Waals surface area (Å²) in [6, 6.07) is 5.65. The molecule has 1 N–H and O–H groups in total. The maximum absolute atomic E-state index is 12.1. The number of carbonyl (C=O) groups excluding carboxylic acids is 1. The summed E-state index contributed by atoms with van der Waals surface area (Å²) >= 11 is 8.27. The Labute approximate surface area is 134 Å². The maximum Gasteiger partial charge on any atom is 0.241 e. The summed E-state index contributed by atoms with van der Waals surface area (Å²) in [6.45, 7) is 0. The van der Waals surface area contributed by atoms with Crippen LogP contribution in [0.1, 0.15) is 0 Å². The second-order valence-electron chi connectivity index (χ2n) is 3.84. The van der Waals surface area contributed by atoms with Crippen LogP contribution in [0.15, 0.2) is 33.5 Å². The zero-order chi connectivity index (χ0) is 15.5. The molecule has 1 amide bonds. The van der Waals surface area contributed by atoms with Crippen molar-refractivity contribution >= 4 is 55.6 Å². The number of hydrogen-bond donors (Lipinski definition) is 1. The quantitative estimate of drug-likeness (QED) is 0.647. The summed E-state index contributed by atoms with van der Waals surface area (Å²) in [5, 5.41) is 10.7. The van der Waals surface area contributed by atoms with Crippen LogP contribution in [0.25, 0.3) is 0 Å². The van der Waals surface area contributed by atoms with Crippen LogP contribution < -0.4 is 5.32 Å². The largest absolute Gasteiger partial charge is 0.300 e. The fraction of sp³-hybridized carbons (Fsp3) is 0.182.